The molecule has 0 aromatic heterocycles. The van der Waals surface area contributed by atoms with Gasteiger partial charge in [-0.05, 0) is 23.3 Å². The van der Waals surface area contributed by atoms with Gasteiger partial charge in [-0.25, -0.2) is 10.0 Å². The largest absolute Gasteiger partial charge is 0.507 e. The van der Waals surface area contributed by atoms with Crippen LogP contribution >= 0.6 is 23.5 Å². The summed E-state index contributed by atoms with van der Waals surface area (Å²) in [6.45, 7) is 0.515. The molecule has 0 atom stereocenters. The number of carbonyl (C=O) groups is 2. The third-order valence-electron chi connectivity index (χ3n) is 5.20. The van der Waals surface area contributed by atoms with Crippen LogP contribution in [0.1, 0.15) is 11.1 Å². The maximum Gasteiger partial charge on any atom is 0.280 e. The van der Waals surface area contributed by atoms with E-state index in [1.54, 1.807) is 0 Å². The second-order valence-corrected chi connectivity index (χ2v) is 9.63. The van der Waals surface area contributed by atoms with Crippen LogP contribution in [0, 0.1) is 0 Å². The number of phenols is 2. The Hall–Kier alpha value is -3.36. The van der Waals surface area contributed by atoms with E-state index < -0.39 is 11.8 Å². The van der Waals surface area contributed by atoms with E-state index in [-0.39, 0.29) is 30.2 Å². The Morgan fingerprint density at radius 2 is 1.03 bits per heavy atom. The van der Waals surface area contributed by atoms with Crippen molar-refractivity contribution in [3.8, 4) is 11.5 Å². The maximum absolute atomic E-state index is 13.5. The average Bonchev–Trinajstić information content (AvgIpc) is 3.34. The Kier molecular flexibility index (Phi) is 5.32. The third-order valence-corrected chi connectivity index (χ3v) is 7.85. The van der Waals surface area contributed by atoms with Crippen LogP contribution in [0.5, 0.6) is 11.5 Å². The van der Waals surface area contributed by atoms with Crippen LogP contribution in [0.4, 0.5) is 0 Å². The summed E-state index contributed by atoms with van der Waals surface area (Å²) in [5.74, 6) is -0.773. The molecule has 2 amide bonds. The zero-order valence-electron chi connectivity index (χ0n) is 16.8. The number of nitrogens with zero attached hydrogens (tertiary/aromatic N) is 2. The van der Waals surface area contributed by atoms with Crippen LogP contribution in [-0.4, -0.2) is 32.0 Å². The minimum absolute atomic E-state index is 0.00563. The predicted molar refractivity (Wildman–Crippen MR) is 122 cm³/mol. The second kappa shape index (κ2) is 8.29. The third kappa shape index (κ3) is 3.61. The van der Waals surface area contributed by atoms with Gasteiger partial charge in [0.2, 0.25) is 0 Å². The topological polar surface area (TPSA) is 81.1 Å². The highest BCUT2D eigenvalue weighted by molar-refractivity contribution is 8.25. The molecular weight excluding hydrogens is 444 g/mol. The van der Waals surface area contributed by atoms with Crippen molar-refractivity contribution in [2.75, 3.05) is 0 Å². The summed E-state index contributed by atoms with van der Waals surface area (Å²) < 4.78 is 0.459. The quantitative estimate of drug-likeness (QED) is 0.338. The molecule has 6 nitrogen and oxygen atoms in total. The van der Waals surface area contributed by atoms with E-state index in [9.17, 15) is 19.8 Å². The first-order chi connectivity index (χ1) is 15.5. The fraction of sp³-hybridized carbons (Fsp3) is 0.0833. The van der Waals surface area contributed by atoms with Gasteiger partial charge in [-0.1, -0.05) is 84.2 Å². The molecule has 0 radical (unpaired) electrons. The van der Waals surface area contributed by atoms with Crippen molar-refractivity contribution >= 4 is 35.3 Å². The molecule has 0 spiro atoms. The molecule has 0 bridgehead atoms. The number of fused-ring (bicyclic) bond motifs is 1. The predicted octanol–water partition coefficient (Wildman–Crippen LogP) is 4.49. The Bertz CT molecular complexity index is 1150. The number of rotatable bonds is 4. The van der Waals surface area contributed by atoms with Crippen LogP contribution in [-0.2, 0) is 22.7 Å². The fourth-order valence-corrected chi connectivity index (χ4v) is 6.20. The molecule has 3 aromatic carbocycles. The zero-order valence-corrected chi connectivity index (χ0v) is 18.4. The van der Waals surface area contributed by atoms with Gasteiger partial charge in [-0.2, -0.15) is 0 Å². The van der Waals surface area contributed by atoms with Crippen molar-refractivity contribution in [2.45, 2.75) is 22.9 Å². The number of thioether (sulfide) groups is 2. The fourth-order valence-electron chi connectivity index (χ4n) is 3.62. The second-order valence-electron chi connectivity index (χ2n) is 7.33. The van der Waals surface area contributed by atoms with Crippen molar-refractivity contribution < 1.29 is 19.8 Å². The van der Waals surface area contributed by atoms with Gasteiger partial charge in [0.1, 0.15) is 17.1 Å². The zero-order chi connectivity index (χ0) is 22.2. The summed E-state index contributed by atoms with van der Waals surface area (Å²) in [5, 5.41) is 23.3. The first-order valence-corrected chi connectivity index (χ1v) is 11.5. The first kappa shape index (κ1) is 20.5. The summed E-state index contributed by atoms with van der Waals surface area (Å²) in [6.07, 6.45) is 0. The van der Waals surface area contributed by atoms with Gasteiger partial charge in [0.15, 0.2) is 0 Å². The highest BCUT2D eigenvalue weighted by Crippen LogP contribution is 2.59. The van der Waals surface area contributed by atoms with E-state index >= 15 is 0 Å². The lowest BCUT2D eigenvalue weighted by Crippen LogP contribution is -2.39. The number of hydrazine groups is 1. The summed E-state index contributed by atoms with van der Waals surface area (Å²) in [7, 11) is 0. The highest BCUT2D eigenvalue weighted by atomic mass is 32.2. The maximum atomic E-state index is 13.5. The smallest absolute Gasteiger partial charge is 0.280 e. The molecule has 2 aliphatic heterocycles. The minimum atomic E-state index is -0.392. The number of hydrogen-bond acceptors (Lipinski definition) is 6. The van der Waals surface area contributed by atoms with Crippen LogP contribution in [0.3, 0.4) is 0 Å². The summed E-state index contributed by atoms with van der Waals surface area (Å²) >= 11 is 2.27. The molecule has 0 unspecified atom stereocenters. The van der Waals surface area contributed by atoms with Gasteiger partial charge >= 0.3 is 0 Å². The summed E-state index contributed by atoms with van der Waals surface area (Å²) in [6, 6.07) is 21.8. The number of benzene rings is 3. The standard InChI is InChI=1S/C24H18N2O4S2/c27-17-11-12-18(28)21-20(17)31-24(32-21)19-22(29)25(13-15-7-3-1-4-8-15)26(23(19)30)14-16-9-5-2-6-10-16/h1-12,27-28H,13-14H2. The molecule has 5 rings (SSSR count). The molecule has 32 heavy (non-hydrogen) atoms. The van der Waals surface area contributed by atoms with Gasteiger partial charge in [-0.3, -0.25) is 9.59 Å². The molecule has 2 N–H and O–H groups in total. The molecule has 2 aliphatic rings. The molecular formula is C24H18N2O4S2. The van der Waals surface area contributed by atoms with E-state index in [1.807, 2.05) is 60.7 Å². The molecule has 0 saturated carbocycles. The van der Waals surface area contributed by atoms with Crippen LogP contribution < -0.4 is 0 Å². The number of hydrogen-bond donors (Lipinski definition) is 2. The lowest BCUT2D eigenvalue weighted by molar-refractivity contribution is -0.149. The molecule has 1 fully saturated rings. The number of amides is 2. The van der Waals surface area contributed by atoms with Crippen molar-refractivity contribution in [3.63, 3.8) is 0 Å². The summed E-state index contributed by atoms with van der Waals surface area (Å²) in [5.41, 5.74) is 1.87. The molecule has 3 aromatic rings. The Morgan fingerprint density at radius 3 is 1.44 bits per heavy atom. The Balaban J connectivity index is 1.54. The van der Waals surface area contributed by atoms with E-state index in [0.29, 0.717) is 14.0 Å². The Labute approximate surface area is 193 Å². The van der Waals surface area contributed by atoms with E-state index in [4.69, 9.17) is 0 Å². The molecule has 0 aliphatic carbocycles. The van der Waals surface area contributed by atoms with Gasteiger partial charge in [0, 0.05) is 0 Å². The van der Waals surface area contributed by atoms with E-state index in [1.165, 1.54) is 22.2 Å². The van der Waals surface area contributed by atoms with Crippen molar-refractivity contribution in [3.05, 3.63) is 93.7 Å². The van der Waals surface area contributed by atoms with Crippen LogP contribution in [0.25, 0.3) is 0 Å². The van der Waals surface area contributed by atoms with Crippen LogP contribution in [0.15, 0.2) is 92.4 Å². The van der Waals surface area contributed by atoms with Crippen molar-refractivity contribution in [1.29, 1.82) is 0 Å². The SMILES string of the molecule is O=C1C(=C2Sc3c(O)ccc(O)c3S2)C(=O)N(Cc2ccccc2)N1Cc1ccccc1. The Morgan fingerprint density at radius 1 is 0.625 bits per heavy atom. The highest BCUT2D eigenvalue weighted by Gasteiger charge is 2.44. The van der Waals surface area contributed by atoms with E-state index in [2.05, 4.69) is 0 Å². The van der Waals surface area contributed by atoms with Crippen LogP contribution in [0.2, 0.25) is 0 Å². The lowest BCUT2D eigenvalue weighted by Gasteiger charge is -2.27. The molecule has 160 valence electrons. The van der Waals surface area contributed by atoms with Gasteiger partial charge in [0.05, 0.1) is 27.1 Å². The molecule has 1 saturated heterocycles. The normalized spacial score (nSPS) is 15.6. The van der Waals surface area contributed by atoms with Crippen molar-refractivity contribution in [1.82, 2.24) is 10.0 Å². The number of phenolic OH excluding ortho intramolecular Hbond substituents is 2. The molecule has 8 heteroatoms. The van der Waals surface area contributed by atoms with Gasteiger partial charge < -0.3 is 10.2 Å². The minimum Gasteiger partial charge on any atom is -0.507 e. The van der Waals surface area contributed by atoms with Gasteiger partial charge in [0.25, 0.3) is 11.8 Å². The lowest BCUT2D eigenvalue weighted by atomic mass is 10.2. The molecule has 2 heterocycles. The summed E-state index contributed by atoms with van der Waals surface area (Å²) in [4.78, 5) is 27.9. The number of aromatic hydroxyl groups is 2. The first-order valence-electron chi connectivity index (χ1n) is 9.89. The number of carbonyl (C=O) groups excluding carboxylic acids is 2. The average molecular weight is 463 g/mol. The monoisotopic (exact) mass is 462 g/mol. The van der Waals surface area contributed by atoms with Crippen molar-refractivity contribution in [2.24, 2.45) is 0 Å². The van der Waals surface area contributed by atoms with E-state index in [0.717, 1.165) is 34.7 Å². The van der Waals surface area contributed by atoms with Gasteiger partial charge in [-0.15, -0.1) is 0 Å².